The van der Waals surface area contributed by atoms with E-state index in [-0.39, 0.29) is 20.9 Å². The van der Waals surface area contributed by atoms with Crippen molar-refractivity contribution in [3.63, 3.8) is 0 Å². The van der Waals surface area contributed by atoms with Crippen LogP contribution in [-0.2, 0) is 21.4 Å². The van der Waals surface area contributed by atoms with Gasteiger partial charge in [-0.25, -0.2) is 9.78 Å². The third-order valence-corrected chi connectivity index (χ3v) is 7.76. The van der Waals surface area contributed by atoms with Gasteiger partial charge in [0, 0.05) is 17.0 Å². The lowest BCUT2D eigenvalue weighted by Gasteiger charge is -2.50. The van der Waals surface area contributed by atoms with Gasteiger partial charge in [-0.2, -0.15) is 4.57 Å². The van der Waals surface area contributed by atoms with Crippen LogP contribution in [0.25, 0.3) is 0 Å². The Morgan fingerprint density at radius 1 is 1.48 bits per heavy atom. The number of carboxylic acid groups (broad SMARTS) is 1. The highest BCUT2D eigenvalue weighted by Gasteiger charge is 2.54. The van der Waals surface area contributed by atoms with Gasteiger partial charge < -0.3 is 16.2 Å². The Labute approximate surface area is 200 Å². The van der Waals surface area contributed by atoms with E-state index in [2.05, 4.69) is 15.5 Å². The summed E-state index contributed by atoms with van der Waals surface area (Å²) in [6.07, 6.45) is 2.69. The molecule has 4 rings (SSSR count). The Hall–Kier alpha value is -3.03. The molecule has 11 nitrogen and oxygen atoms in total. The van der Waals surface area contributed by atoms with Gasteiger partial charge in [-0.05, 0) is 35.8 Å². The molecule has 2 aromatic heterocycles. The topological polar surface area (TPSA) is 159 Å². The smallest absolute Gasteiger partial charge is 0.353 e. The van der Waals surface area contributed by atoms with Gasteiger partial charge in [-0.3, -0.25) is 14.5 Å². The quantitative estimate of drug-likeness (QED) is 0.288. The van der Waals surface area contributed by atoms with Gasteiger partial charge in [0.15, 0.2) is 11.3 Å². The predicted molar refractivity (Wildman–Crippen MR) is 120 cm³/mol. The molecule has 0 radical (unpaired) electrons. The number of aliphatic carboxylic acids is 1. The molecular formula is C19H18ClN6O5S2+. The number of halogens is 1. The van der Waals surface area contributed by atoms with Crippen molar-refractivity contribution in [1.82, 2.24) is 15.2 Å². The van der Waals surface area contributed by atoms with E-state index in [1.165, 1.54) is 16.7 Å². The molecule has 0 saturated carbocycles. The zero-order chi connectivity index (χ0) is 23.9. The van der Waals surface area contributed by atoms with Crippen molar-refractivity contribution in [2.24, 2.45) is 12.2 Å². The summed E-state index contributed by atoms with van der Waals surface area (Å²) in [4.78, 5) is 54.5. The minimum atomic E-state index is -1.57. The molecule has 172 valence electrons. The number of pyridine rings is 1. The first-order valence-electron chi connectivity index (χ1n) is 9.69. The number of thioether (sulfide) groups is 1. The minimum Gasteiger partial charge on any atom is -0.477 e. The summed E-state index contributed by atoms with van der Waals surface area (Å²) >= 11 is 8.16. The molecule has 1 saturated heterocycles. The molecule has 3 atom stereocenters. The third kappa shape index (κ3) is 4.18. The Kier molecular flexibility index (Phi) is 6.36. The van der Waals surface area contributed by atoms with Crippen molar-refractivity contribution in [2.75, 3.05) is 5.73 Å². The van der Waals surface area contributed by atoms with Crippen LogP contribution in [0.15, 0.2) is 45.2 Å². The maximum absolute atomic E-state index is 12.9. The van der Waals surface area contributed by atoms with Crippen molar-refractivity contribution in [3.05, 3.63) is 49.9 Å². The largest absolute Gasteiger partial charge is 0.477 e. The van der Waals surface area contributed by atoms with Gasteiger partial charge in [0.2, 0.25) is 11.1 Å². The molecule has 2 amide bonds. The number of aryl methyl sites for hydroxylation is 1. The van der Waals surface area contributed by atoms with Crippen molar-refractivity contribution in [2.45, 2.75) is 36.0 Å². The van der Waals surface area contributed by atoms with Gasteiger partial charge in [0.1, 0.15) is 28.8 Å². The van der Waals surface area contributed by atoms with Crippen LogP contribution in [0.2, 0.25) is 4.34 Å². The van der Waals surface area contributed by atoms with Crippen molar-refractivity contribution >= 4 is 57.6 Å². The number of amides is 2. The van der Waals surface area contributed by atoms with E-state index < -0.39 is 35.9 Å². The van der Waals surface area contributed by atoms with Gasteiger partial charge in [-0.15, -0.1) is 4.91 Å². The molecule has 2 aliphatic heterocycles. The number of allylic oxidation sites excluding steroid dienone is 1. The number of rotatable bonds is 7. The number of carboxylic acids is 1. The highest BCUT2D eigenvalue weighted by Crippen LogP contribution is 2.42. The fourth-order valence-corrected chi connectivity index (χ4v) is 5.90. The molecule has 0 spiro atoms. The zero-order valence-electron chi connectivity index (χ0n) is 17.1. The van der Waals surface area contributed by atoms with Gasteiger partial charge >= 0.3 is 5.97 Å². The highest BCUT2D eigenvalue weighted by molar-refractivity contribution is 8.03. The number of nitrogens with two attached hydrogens (primary N) is 1. The second kappa shape index (κ2) is 9.08. The number of nitrogens with one attached hydrogen (secondary N) is 1. The first kappa shape index (κ1) is 23.1. The highest BCUT2D eigenvalue weighted by atomic mass is 35.5. The number of nitroso groups, excluding NO2 is 1. The fraction of sp³-hybridized carbons (Fsp3) is 0.316. The molecule has 1 fully saturated rings. The van der Waals surface area contributed by atoms with E-state index in [0.717, 1.165) is 16.4 Å². The number of carbonyl (C=O) groups excluding carboxylic acids is 2. The molecule has 4 N–H and O–H groups in total. The predicted octanol–water partition coefficient (Wildman–Crippen LogP) is 1.59. The zero-order valence-corrected chi connectivity index (χ0v) is 19.5. The molecule has 0 aliphatic carbocycles. The first-order chi connectivity index (χ1) is 15.7. The Morgan fingerprint density at radius 3 is 2.85 bits per heavy atom. The van der Waals surface area contributed by atoms with Crippen LogP contribution in [-0.4, -0.2) is 44.9 Å². The van der Waals surface area contributed by atoms with Gasteiger partial charge in [0.05, 0.1) is 6.04 Å². The molecule has 4 heterocycles. The Bertz CT molecular complexity index is 1200. The number of β-lactam (4-membered cyclic amide) rings is 1. The maximum Gasteiger partial charge on any atom is 0.353 e. The average molecular weight is 510 g/mol. The second-order valence-corrected chi connectivity index (χ2v) is 10.1. The van der Waals surface area contributed by atoms with Crippen LogP contribution >= 0.6 is 34.7 Å². The van der Waals surface area contributed by atoms with E-state index in [0.29, 0.717) is 17.7 Å². The van der Waals surface area contributed by atoms with Crippen molar-refractivity contribution in [3.8, 4) is 0 Å². The van der Waals surface area contributed by atoms with Gasteiger partial charge in [0.25, 0.3) is 11.8 Å². The molecular weight excluding hydrogens is 492 g/mol. The van der Waals surface area contributed by atoms with E-state index in [9.17, 15) is 24.4 Å². The van der Waals surface area contributed by atoms with Crippen molar-refractivity contribution < 1.29 is 24.1 Å². The number of nitrogens with zero attached hydrogens (tertiary/aromatic N) is 4. The molecule has 2 unspecified atom stereocenters. The standard InChI is InChI=1S/C19H17ClN6O5S2/c1-25-7-3-2-4-10(25)32-9-6-5-8-11(17(28)26(8)14(9)18(29)30)22-16(27)13(24-31)12-15(20)33-19(21)23-12/h2-4,7-8,11,13H,5-6H2,1H3,(H3-,21,22,23,27,29,30)/p+1/t8?,11-,13?/m0/s1. The lowest BCUT2D eigenvalue weighted by Crippen LogP contribution is -2.71. The van der Waals surface area contributed by atoms with Crippen LogP contribution in [0.4, 0.5) is 5.13 Å². The SMILES string of the molecule is C[n+]1ccccc1SC1=C(C(=O)O)N2C(=O)[C@@H](NC(=O)C(N=O)c3nc(N)sc3Cl)C2CC1. The van der Waals surface area contributed by atoms with E-state index in [4.69, 9.17) is 17.3 Å². The molecule has 0 bridgehead atoms. The normalized spacial score (nSPS) is 20.7. The lowest BCUT2D eigenvalue weighted by atomic mass is 9.86. The number of hydrogen-bond donors (Lipinski definition) is 3. The van der Waals surface area contributed by atoms with Crippen LogP contribution in [0.1, 0.15) is 24.6 Å². The molecule has 33 heavy (non-hydrogen) atoms. The summed E-state index contributed by atoms with van der Waals surface area (Å²) < 4.78 is 1.91. The van der Waals surface area contributed by atoms with E-state index in [1.54, 1.807) is 0 Å². The Balaban J connectivity index is 1.54. The fourth-order valence-electron chi connectivity index (χ4n) is 3.82. The van der Waals surface area contributed by atoms with E-state index in [1.807, 2.05) is 36.0 Å². The number of carbonyl (C=O) groups is 3. The van der Waals surface area contributed by atoms with E-state index >= 15 is 0 Å². The number of anilines is 1. The van der Waals surface area contributed by atoms with Crippen LogP contribution in [0.5, 0.6) is 0 Å². The number of thiazole rings is 1. The summed E-state index contributed by atoms with van der Waals surface area (Å²) in [5.41, 5.74) is 5.38. The molecule has 14 heteroatoms. The van der Waals surface area contributed by atoms with Crippen molar-refractivity contribution in [1.29, 1.82) is 0 Å². The molecule has 2 aliphatic rings. The number of nitrogen functional groups attached to an aromatic ring is 1. The third-order valence-electron chi connectivity index (χ3n) is 5.37. The summed E-state index contributed by atoms with van der Waals surface area (Å²) in [6.45, 7) is 0. The average Bonchev–Trinajstić information content (AvgIpc) is 3.11. The summed E-state index contributed by atoms with van der Waals surface area (Å²) in [7, 11) is 1.84. The Morgan fingerprint density at radius 2 is 2.24 bits per heavy atom. The van der Waals surface area contributed by atoms with Crippen LogP contribution < -0.4 is 15.6 Å². The van der Waals surface area contributed by atoms with Crippen LogP contribution in [0.3, 0.4) is 0 Å². The number of fused-ring (bicyclic) bond motifs is 1. The van der Waals surface area contributed by atoms with Gasteiger partial charge in [-0.1, -0.05) is 22.9 Å². The molecule has 0 aromatic carbocycles. The summed E-state index contributed by atoms with van der Waals surface area (Å²) in [5.74, 6) is -2.65. The maximum atomic E-state index is 12.9. The first-order valence-corrected chi connectivity index (χ1v) is 11.7. The van der Waals surface area contributed by atoms with Crippen LogP contribution in [0, 0.1) is 4.91 Å². The number of aromatic nitrogens is 2. The minimum absolute atomic E-state index is 0.0540. The summed E-state index contributed by atoms with van der Waals surface area (Å²) in [5, 5.41) is 16.0. The lowest BCUT2D eigenvalue weighted by molar-refractivity contribution is -0.708. The second-order valence-electron chi connectivity index (χ2n) is 7.35. The molecule has 2 aromatic rings. The monoisotopic (exact) mass is 509 g/mol. The number of hydrogen-bond acceptors (Lipinski definition) is 9. The summed E-state index contributed by atoms with van der Waals surface area (Å²) in [6, 6.07) is 2.45.